The lowest BCUT2D eigenvalue weighted by Crippen LogP contribution is -2.18. The topological polar surface area (TPSA) is 38.1 Å². The zero-order valence-electron chi connectivity index (χ0n) is 11.8. The summed E-state index contributed by atoms with van der Waals surface area (Å²) in [5, 5.41) is 0. The number of aromatic nitrogens is 2. The molecule has 18 heavy (non-hydrogen) atoms. The Morgan fingerprint density at radius 2 is 2.11 bits per heavy atom. The van der Waals surface area contributed by atoms with Gasteiger partial charge in [0.15, 0.2) is 0 Å². The molecule has 0 spiro atoms. The molecular weight excluding hydrogens is 226 g/mol. The van der Waals surface area contributed by atoms with E-state index in [0.717, 1.165) is 17.8 Å². The molecule has 0 N–H and O–H groups in total. The van der Waals surface area contributed by atoms with E-state index >= 15 is 0 Å². The number of aryl methyl sites for hydroxylation is 1. The van der Waals surface area contributed by atoms with Crippen molar-refractivity contribution in [1.29, 1.82) is 0 Å². The van der Waals surface area contributed by atoms with Gasteiger partial charge in [0.25, 0.3) is 0 Å². The van der Waals surface area contributed by atoms with Gasteiger partial charge in [0.05, 0.1) is 12.0 Å². The van der Waals surface area contributed by atoms with Crippen molar-refractivity contribution in [2.45, 2.75) is 20.3 Å². The molecule has 0 bridgehead atoms. The average Bonchev–Trinajstić information content (AvgIpc) is 2.64. The van der Waals surface area contributed by atoms with Crippen molar-refractivity contribution in [3.8, 4) is 0 Å². The van der Waals surface area contributed by atoms with Crippen LogP contribution < -0.4 is 0 Å². The SMILES string of the molecule is CC(C)=CCc1c(/C=C/C(=O)N(C)C)ncn1C. The maximum absolute atomic E-state index is 11.5. The minimum absolute atomic E-state index is 0.0335. The predicted molar refractivity (Wildman–Crippen MR) is 74.1 cm³/mol. The number of amides is 1. The Morgan fingerprint density at radius 3 is 2.67 bits per heavy atom. The third-order valence-corrected chi connectivity index (χ3v) is 2.62. The van der Waals surface area contributed by atoms with Gasteiger partial charge in [-0.3, -0.25) is 4.79 Å². The molecule has 1 amide bonds. The first-order chi connectivity index (χ1) is 8.41. The van der Waals surface area contributed by atoms with E-state index in [9.17, 15) is 4.79 Å². The second-order valence-electron chi connectivity index (χ2n) is 4.74. The number of imidazole rings is 1. The number of hydrogen-bond donors (Lipinski definition) is 0. The van der Waals surface area contributed by atoms with Crippen LogP contribution in [0.3, 0.4) is 0 Å². The molecule has 0 aliphatic carbocycles. The Morgan fingerprint density at radius 1 is 1.44 bits per heavy atom. The van der Waals surface area contributed by atoms with E-state index in [0.29, 0.717) is 0 Å². The first-order valence-electron chi connectivity index (χ1n) is 5.94. The van der Waals surface area contributed by atoms with Crippen molar-refractivity contribution in [1.82, 2.24) is 14.5 Å². The van der Waals surface area contributed by atoms with Gasteiger partial charge in [-0.05, 0) is 19.9 Å². The Balaban J connectivity index is 2.90. The Labute approximate surface area is 109 Å². The highest BCUT2D eigenvalue weighted by Gasteiger charge is 2.05. The highest BCUT2D eigenvalue weighted by Crippen LogP contribution is 2.11. The first-order valence-corrected chi connectivity index (χ1v) is 5.94. The van der Waals surface area contributed by atoms with E-state index in [-0.39, 0.29) is 5.91 Å². The quantitative estimate of drug-likeness (QED) is 0.603. The van der Waals surface area contributed by atoms with Crippen LogP contribution >= 0.6 is 0 Å². The second-order valence-corrected chi connectivity index (χ2v) is 4.74. The molecule has 0 aliphatic heterocycles. The van der Waals surface area contributed by atoms with E-state index in [1.165, 1.54) is 10.5 Å². The van der Waals surface area contributed by atoms with Crippen LogP contribution in [-0.2, 0) is 18.3 Å². The summed E-state index contributed by atoms with van der Waals surface area (Å²) in [6.07, 6.45) is 8.08. The molecule has 0 fully saturated rings. The average molecular weight is 247 g/mol. The molecule has 0 unspecified atom stereocenters. The summed E-state index contributed by atoms with van der Waals surface area (Å²) in [5.74, 6) is -0.0335. The van der Waals surface area contributed by atoms with E-state index in [1.807, 2.05) is 11.6 Å². The number of hydrogen-bond acceptors (Lipinski definition) is 2. The number of carbonyl (C=O) groups excluding carboxylic acids is 1. The van der Waals surface area contributed by atoms with Crippen molar-refractivity contribution in [3.05, 3.63) is 35.4 Å². The predicted octanol–water partition coefficient (Wildman–Crippen LogP) is 2.03. The molecule has 0 atom stereocenters. The zero-order valence-corrected chi connectivity index (χ0v) is 11.8. The summed E-state index contributed by atoms with van der Waals surface area (Å²) in [7, 11) is 5.43. The zero-order chi connectivity index (χ0) is 13.7. The van der Waals surface area contributed by atoms with Crippen LogP contribution in [0.25, 0.3) is 6.08 Å². The lowest BCUT2D eigenvalue weighted by Gasteiger charge is -2.05. The fourth-order valence-electron chi connectivity index (χ4n) is 1.46. The molecule has 4 heteroatoms. The van der Waals surface area contributed by atoms with E-state index < -0.39 is 0 Å². The van der Waals surface area contributed by atoms with Crippen molar-refractivity contribution in [2.75, 3.05) is 14.1 Å². The van der Waals surface area contributed by atoms with Crippen molar-refractivity contribution >= 4 is 12.0 Å². The number of likely N-dealkylation sites (N-methyl/N-ethyl adjacent to an activating group) is 1. The van der Waals surface area contributed by atoms with Gasteiger partial charge < -0.3 is 9.47 Å². The Hall–Kier alpha value is -1.84. The first kappa shape index (κ1) is 14.2. The minimum Gasteiger partial charge on any atom is -0.345 e. The lowest BCUT2D eigenvalue weighted by atomic mass is 10.2. The number of carbonyl (C=O) groups is 1. The molecule has 1 aromatic rings. The van der Waals surface area contributed by atoms with Gasteiger partial charge in [-0.15, -0.1) is 0 Å². The number of rotatable bonds is 4. The summed E-state index contributed by atoms with van der Waals surface area (Å²) in [4.78, 5) is 17.3. The van der Waals surface area contributed by atoms with Gasteiger partial charge in [0.1, 0.15) is 0 Å². The third kappa shape index (κ3) is 3.87. The van der Waals surface area contributed by atoms with Crippen LogP contribution in [0.5, 0.6) is 0 Å². The van der Waals surface area contributed by atoms with Crippen LogP contribution in [0.4, 0.5) is 0 Å². The maximum atomic E-state index is 11.5. The summed E-state index contributed by atoms with van der Waals surface area (Å²) in [5.41, 5.74) is 3.24. The van der Waals surface area contributed by atoms with Crippen LogP contribution in [0.2, 0.25) is 0 Å². The molecule has 0 saturated heterocycles. The Bertz CT molecular complexity index is 477. The fraction of sp³-hybridized carbons (Fsp3) is 0.429. The Kier molecular flexibility index (Phi) is 4.89. The van der Waals surface area contributed by atoms with Crippen molar-refractivity contribution in [3.63, 3.8) is 0 Å². The van der Waals surface area contributed by atoms with Gasteiger partial charge in [-0.2, -0.15) is 0 Å². The van der Waals surface area contributed by atoms with E-state index in [2.05, 4.69) is 24.9 Å². The number of allylic oxidation sites excluding steroid dienone is 2. The number of nitrogens with zero attached hydrogens (tertiary/aromatic N) is 3. The minimum atomic E-state index is -0.0335. The molecule has 0 aromatic carbocycles. The monoisotopic (exact) mass is 247 g/mol. The summed E-state index contributed by atoms with van der Waals surface area (Å²) in [6, 6.07) is 0. The molecule has 1 aromatic heterocycles. The van der Waals surface area contributed by atoms with Gasteiger partial charge in [-0.1, -0.05) is 11.6 Å². The molecule has 1 rings (SSSR count). The second kappa shape index (κ2) is 6.19. The van der Waals surface area contributed by atoms with Gasteiger partial charge in [0, 0.05) is 39.3 Å². The molecule has 0 aliphatic rings. The lowest BCUT2D eigenvalue weighted by molar-refractivity contribution is -0.123. The van der Waals surface area contributed by atoms with Gasteiger partial charge in [-0.25, -0.2) is 4.98 Å². The summed E-state index contributed by atoms with van der Waals surface area (Å²) < 4.78 is 1.99. The molecule has 0 radical (unpaired) electrons. The molecule has 1 heterocycles. The summed E-state index contributed by atoms with van der Waals surface area (Å²) in [6.45, 7) is 4.14. The standard InChI is InChI=1S/C14H21N3O/c1-11(2)6-8-13-12(15-10-17(13)5)7-9-14(18)16(3)4/h6-7,9-10H,8H2,1-5H3/b9-7+. The fourth-order valence-corrected chi connectivity index (χ4v) is 1.46. The van der Waals surface area contributed by atoms with Gasteiger partial charge >= 0.3 is 0 Å². The highest BCUT2D eigenvalue weighted by atomic mass is 16.2. The maximum Gasteiger partial charge on any atom is 0.246 e. The third-order valence-electron chi connectivity index (χ3n) is 2.62. The smallest absolute Gasteiger partial charge is 0.246 e. The van der Waals surface area contributed by atoms with Crippen LogP contribution in [0.1, 0.15) is 25.2 Å². The van der Waals surface area contributed by atoms with Crippen LogP contribution in [-0.4, -0.2) is 34.5 Å². The van der Waals surface area contributed by atoms with Gasteiger partial charge in [0.2, 0.25) is 5.91 Å². The largest absolute Gasteiger partial charge is 0.345 e. The van der Waals surface area contributed by atoms with Crippen LogP contribution in [0.15, 0.2) is 24.1 Å². The molecular formula is C14H21N3O. The van der Waals surface area contributed by atoms with Crippen LogP contribution in [0, 0.1) is 0 Å². The van der Waals surface area contributed by atoms with Crippen molar-refractivity contribution in [2.24, 2.45) is 7.05 Å². The molecule has 4 nitrogen and oxygen atoms in total. The highest BCUT2D eigenvalue weighted by molar-refractivity contribution is 5.91. The molecule has 98 valence electrons. The summed E-state index contributed by atoms with van der Waals surface area (Å²) >= 11 is 0. The van der Waals surface area contributed by atoms with E-state index in [1.54, 1.807) is 32.6 Å². The normalized spacial score (nSPS) is 10.7. The van der Waals surface area contributed by atoms with E-state index in [4.69, 9.17) is 0 Å². The van der Waals surface area contributed by atoms with Crippen molar-refractivity contribution < 1.29 is 4.79 Å². The molecule has 0 saturated carbocycles.